The Labute approximate surface area is 170 Å². The fraction of sp³-hybridized carbons (Fsp3) is 0.143. The van der Waals surface area contributed by atoms with Gasteiger partial charge in [0.25, 0.3) is 5.91 Å². The quantitative estimate of drug-likeness (QED) is 0.488. The van der Waals surface area contributed by atoms with Gasteiger partial charge in [-0.3, -0.25) is 4.79 Å². The molecule has 6 nitrogen and oxygen atoms in total. The monoisotopic (exact) mass is 418 g/mol. The topological polar surface area (TPSA) is 74.5 Å². The Balaban J connectivity index is 1.81. The van der Waals surface area contributed by atoms with Crippen LogP contribution in [0.3, 0.4) is 0 Å². The van der Waals surface area contributed by atoms with E-state index in [2.05, 4.69) is 10.1 Å². The zero-order chi connectivity index (χ0) is 21.7. The van der Waals surface area contributed by atoms with E-state index in [-0.39, 0.29) is 12.3 Å². The molecule has 0 spiro atoms. The van der Waals surface area contributed by atoms with Gasteiger partial charge >= 0.3 is 6.36 Å². The molecule has 0 fully saturated rings. The smallest absolute Gasteiger partial charge is 0.573 e. The van der Waals surface area contributed by atoms with Crippen LogP contribution in [0.5, 0.6) is 11.5 Å². The molecule has 9 heteroatoms. The van der Waals surface area contributed by atoms with Crippen molar-refractivity contribution in [3.63, 3.8) is 0 Å². The van der Waals surface area contributed by atoms with Gasteiger partial charge in [0.15, 0.2) is 6.20 Å². The second kappa shape index (κ2) is 8.73. The molecule has 0 saturated heterocycles. The summed E-state index contributed by atoms with van der Waals surface area (Å²) in [6.45, 7) is 0.0419. The van der Waals surface area contributed by atoms with Gasteiger partial charge in [0, 0.05) is 29.3 Å². The predicted octanol–water partition coefficient (Wildman–Crippen LogP) is 3.82. The minimum Gasteiger partial charge on any atom is -0.618 e. The summed E-state index contributed by atoms with van der Waals surface area (Å²) in [4.78, 5) is 12.5. The molecule has 0 unspecified atom stereocenters. The van der Waals surface area contributed by atoms with Gasteiger partial charge in [-0.2, -0.15) is 4.73 Å². The van der Waals surface area contributed by atoms with Crippen molar-refractivity contribution < 1.29 is 32.2 Å². The number of amides is 1. The highest BCUT2D eigenvalue weighted by Crippen LogP contribution is 2.35. The van der Waals surface area contributed by atoms with Crippen molar-refractivity contribution >= 4 is 5.91 Å². The number of halogens is 3. The first kappa shape index (κ1) is 21.0. The minimum absolute atomic E-state index is 0.0419. The maximum atomic E-state index is 12.5. The van der Waals surface area contributed by atoms with E-state index < -0.39 is 18.0 Å². The Morgan fingerprint density at radius 3 is 2.60 bits per heavy atom. The number of benzene rings is 2. The standard InChI is InChI=1S/C21H17F3N2O4/c1-29-19-12-17(30-21(22,23)24)8-9-18(19)14-5-4-6-15(11-14)20(27)25-13-16-7-2-3-10-26(16)28/h2-12H,13H2,1H3,(H,25,27). The molecule has 0 bridgehead atoms. The Bertz CT molecular complexity index is 1050. The SMILES string of the molecule is COc1cc(OC(F)(F)F)ccc1-c1cccc(C(=O)NCc2cccc[n+]2[O-])c1. The van der Waals surface area contributed by atoms with E-state index in [1.807, 2.05) is 0 Å². The molecule has 1 amide bonds. The molecular formula is C21H17F3N2O4. The number of nitrogens with one attached hydrogen (secondary N) is 1. The highest BCUT2D eigenvalue weighted by Gasteiger charge is 2.31. The summed E-state index contributed by atoms with van der Waals surface area (Å²) < 4.78 is 47.1. The number of methoxy groups -OCH3 is 1. The first-order chi connectivity index (χ1) is 14.3. The second-order valence-corrected chi connectivity index (χ2v) is 6.19. The molecule has 0 aliphatic heterocycles. The number of hydrogen-bond donors (Lipinski definition) is 1. The number of pyridine rings is 1. The van der Waals surface area contributed by atoms with Crippen molar-refractivity contribution in [2.24, 2.45) is 0 Å². The Kier molecular flexibility index (Phi) is 6.10. The van der Waals surface area contributed by atoms with Gasteiger partial charge in [0.05, 0.1) is 7.11 Å². The Hall–Kier alpha value is -3.75. The third-order valence-electron chi connectivity index (χ3n) is 4.18. The molecule has 0 aliphatic carbocycles. The molecular weight excluding hydrogens is 401 g/mol. The van der Waals surface area contributed by atoms with E-state index in [0.29, 0.717) is 27.1 Å². The molecule has 2 aromatic carbocycles. The highest BCUT2D eigenvalue weighted by atomic mass is 19.4. The fourth-order valence-electron chi connectivity index (χ4n) is 2.81. The summed E-state index contributed by atoms with van der Waals surface area (Å²) >= 11 is 0. The normalized spacial score (nSPS) is 11.1. The van der Waals surface area contributed by atoms with Crippen molar-refractivity contribution in [1.82, 2.24) is 5.32 Å². The van der Waals surface area contributed by atoms with E-state index in [1.165, 1.54) is 25.4 Å². The summed E-state index contributed by atoms with van der Waals surface area (Å²) in [7, 11) is 1.32. The van der Waals surface area contributed by atoms with Crippen LogP contribution in [0, 0.1) is 5.21 Å². The van der Waals surface area contributed by atoms with Crippen LogP contribution in [0.1, 0.15) is 16.1 Å². The van der Waals surface area contributed by atoms with Crippen LogP contribution >= 0.6 is 0 Å². The number of carbonyl (C=O) groups is 1. The van der Waals surface area contributed by atoms with E-state index in [9.17, 15) is 23.2 Å². The van der Waals surface area contributed by atoms with Crippen molar-refractivity contribution in [3.8, 4) is 22.6 Å². The predicted molar refractivity (Wildman–Crippen MR) is 102 cm³/mol. The number of alkyl halides is 3. The molecule has 156 valence electrons. The van der Waals surface area contributed by atoms with Gasteiger partial charge in [-0.15, -0.1) is 13.2 Å². The van der Waals surface area contributed by atoms with Crippen LogP contribution in [0.2, 0.25) is 0 Å². The maximum absolute atomic E-state index is 12.5. The lowest BCUT2D eigenvalue weighted by molar-refractivity contribution is -0.614. The lowest BCUT2D eigenvalue weighted by Crippen LogP contribution is -2.35. The number of ether oxygens (including phenoxy) is 2. The van der Waals surface area contributed by atoms with Crippen molar-refractivity contribution in [2.45, 2.75) is 12.9 Å². The van der Waals surface area contributed by atoms with Gasteiger partial charge in [0.2, 0.25) is 5.69 Å². The van der Waals surface area contributed by atoms with Crippen LogP contribution in [0.4, 0.5) is 13.2 Å². The molecule has 0 atom stereocenters. The molecule has 0 radical (unpaired) electrons. The average molecular weight is 418 g/mol. The zero-order valence-corrected chi connectivity index (χ0v) is 15.8. The second-order valence-electron chi connectivity index (χ2n) is 6.19. The average Bonchev–Trinajstić information content (AvgIpc) is 2.71. The zero-order valence-electron chi connectivity index (χ0n) is 15.8. The number of carbonyl (C=O) groups excluding carboxylic acids is 1. The molecule has 0 saturated carbocycles. The van der Waals surface area contributed by atoms with Gasteiger partial charge in [-0.1, -0.05) is 12.1 Å². The van der Waals surface area contributed by atoms with Gasteiger partial charge in [-0.25, -0.2) is 0 Å². The summed E-state index contributed by atoms with van der Waals surface area (Å²) in [5.41, 5.74) is 1.75. The van der Waals surface area contributed by atoms with Crippen molar-refractivity contribution in [3.05, 3.63) is 83.3 Å². The molecule has 1 N–H and O–H groups in total. The third-order valence-corrected chi connectivity index (χ3v) is 4.18. The van der Waals surface area contributed by atoms with Crippen molar-refractivity contribution in [1.29, 1.82) is 0 Å². The van der Waals surface area contributed by atoms with Gasteiger partial charge in [0.1, 0.15) is 18.0 Å². The van der Waals surface area contributed by atoms with Crippen LogP contribution in [0.15, 0.2) is 66.9 Å². The Morgan fingerprint density at radius 2 is 1.90 bits per heavy atom. The van der Waals surface area contributed by atoms with E-state index >= 15 is 0 Å². The molecule has 1 heterocycles. The first-order valence-corrected chi connectivity index (χ1v) is 8.76. The summed E-state index contributed by atoms with van der Waals surface area (Å²) in [5.74, 6) is -0.659. The Morgan fingerprint density at radius 1 is 1.10 bits per heavy atom. The molecule has 0 aliphatic rings. The fourth-order valence-corrected chi connectivity index (χ4v) is 2.81. The number of rotatable bonds is 6. The third kappa shape index (κ3) is 5.19. The largest absolute Gasteiger partial charge is 0.618 e. The summed E-state index contributed by atoms with van der Waals surface area (Å²) in [6, 6.07) is 15.1. The first-order valence-electron chi connectivity index (χ1n) is 8.76. The minimum atomic E-state index is -4.81. The van der Waals surface area contributed by atoms with E-state index in [1.54, 1.807) is 42.5 Å². The van der Waals surface area contributed by atoms with Gasteiger partial charge < -0.3 is 20.0 Å². The summed E-state index contributed by atoms with van der Waals surface area (Å²) in [5, 5.41) is 14.3. The number of hydrogen-bond acceptors (Lipinski definition) is 4. The lowest BCUT2D eigenvalue weighted by Gasteiger charge is -2.14. The van der Waals surface area contributed by atoms with Crippen LogP contribution in [0.25, 0.3) is 11.1 Å². The van der Waals surface area contributed by atoms with Crippen LogP contribution in [-0.4, -0.2) is 19.4 Å². The number of nitrogens with zero attached hydrogens (tertiary/aromatic N) is 1. The van der Waals surface area contributed by atoms with Crippen LogP contribution in [-0.2, 0) is 6.54 Å². The highest BCUT2D eigenvalue weighted by molar-refractivity contribution is 5.95. The maximum Gasteiger partial charge on any atom is 0.573 e. The molecule has 1 aromatic heterocycles. The van der Waals surface area contributed by atoms with E-state index in [4.69, 9.17) is 4.74 Å². The number of aromatic nitrogens is 1. The van der Waals surface area contributed by atoms with Crippen LogP contribution < -0.4 is 19.5 Å². The molecule has 30 heavy (non-hydrogen) atoms. The van der Waals surface area contributed by atoms with Gasteiger partial charge in [-0.05, 0) is 35.9 Å². The molecule has 3 aromatic rings. The molecule has 3 rings (SSSR count). The van der Waals surface area contributed by atoms with E-state index in [0.717, 1.165) is 6.07 Å². The van der Waals surface area contributed by atoms with Crippen molar-refractivity contribution in [2.75, 3.05) is 7.11 Å². The lowest BCUT2D eigenvalue weighted by atomic mass is 10.0. The summed E-state index contributed by atoms with van der Waals surface area (Å²) in [6.07, 6.45) is -3.48.